The third-order valence-electron chi connectivity index (χ3n) is 22.4. The lowest BCUT2D eigenvalue weighted by Gasteiger charge is -2.24. The Kier molecular flexibility index (Phi) is 25.2. The molecule has 4 nitrogen and oxygen atoms in total. The van der Waals surface area contributed by atoms with Gasteiger partial charge in [0.1, 0.15) is 22.8 Å². The van der Waals surface area contributed by atoms with E-state index in [1.54, 1.807) is 0 Å². The lowest BCUT2D eigenvalue weighted by molar-refractivity contribution is -0.602. The summed E-state index contributed by atoms with van der Waals surface area (Å²) in [6.07, 6.45) is 2.39. The molecule has 0 aliphatic rings. The van der Waals surface area contributed by atoms with Gasteiger partial charge in [-0.3, -0.25) is 9.98 Å². The summed E-state index contributed by atoms with van der Waals surface area (Å²) in [4.78, 5) is 11.1. The molecule has 0 spiro atoms. The van der Waals surface area contributed by atoms with E-state index in [1.807, 2.05) is 0 Å². The van der Waals surface area contributed by atoms with Gasteiger partial charge in [-0.15, -0.1) is 17.0 Å². The number of benzene rings is 12. The molecule has 0 amide bonds. The van der Waals surface area contributed by atoms with E-state index in [0.29, 0.717) is 0 Å². The van der Waals surface area contributed by atoms with Crippen molar-refractivity contribution in [3.05, 3.63) is 420 Å². The molecule has 8 atom stereocenters. The first-order valence-corrected chi connectivity index (χ1v) is 37.9. The zero-order valence-corrected chi connectivity index (χ0v) is 66.8. The van der Waals surface area contributed by atoms with Gasteiger partial charge in [0.25, 0.3) is 6.33 Å². The van der Waals surface area contributed by atoms with E-state index in [9.17, 15) is 0 Å². The van der Waals surface area contributed by atoms with Crippen molar-refractivity contribution >= 4 is 39.8 Å². The molecule has 106 heavy (non-hydrogen) atoms. The highest BCUT2D eigenvalue weighted by atomic mass is 79.9. The zero-order chi connectivity index (χ0) is 74.0. The van der Waals surface area contributed by atoms with E-state index >= 15 is 0 Å². The number of aryl methyl sites for hydroxylation is 4. The minimum Gasteiger partial charge on any atom is -0.251 e. The van der Waals surface area contributed by atoms with Gasteiger partial charge in [0, 0.05) is 83.4 Å². The highest BCUT2D eigenvalue weighted by Gasteiger charge is 2.34. The van der Waals surface area contributed by atoms with Crippen LogP contribution < -0.4 is 4.57 Å². The van der Waals surface area contributed by atoms with Crippen LogP contribution in [0, 0.1) is 41.5 Å². The summed E-state index contributed by atoms with van der Waals surface area (Å²) in [5.41, 5.74) is 34.8. The minimum absolute atomic E-state index is 0. The number of hydrogen-bond acceptors (Lipinski definition) is 2. The van der Waals surface area contributed by atoms with E-state index in [1.165, 1.54) is 134 Å². The normalized spacial score (nSPS) is 14.0. The molecule has 0 aliphatic heterocycles. The maximum absolute atomic E-state index is 5.56. The van der Waals surface area contributed by atoms with E-state index in [2.05, 4.69) is 417 Å². The van der Waals surface area contributed by atoms with Gasteiger partial charge in [0.2, 0.25) is 0 Å². The van der Waals surface area contributed by atoms with Crippen molar-refractivity contribution in [1.29, 1.82) is 0 Å². The van der Waals surface area contributed by atoms with Crippen LogP contribution in [0.5, 0.6) is 0 Å². The summed E-state index contributed by atoms with van der Waals surface area (Å²) in [5.74, 6) is 1.46. The van der Waals surface area contributed by atoms with Crippen molar-refractivity contribution in [3.8, 4) is 11.4 Å². The second-order valence-corrected chi connectivity index (χ2v) is 29.6. The molecule has 13 aromatic rings. The Morgan fingerprint density at radius 3 is 0.689 bits per heavy atom. The lowest BCUT2D eigenvalue weighted by Crippen LogP contribution is -2.36. The minimum atomic E-state index is 0. The number of halogens is 1. The largest absolute Gasteiger partial charge is 0.254 e. The highest BCUT2D eigenvalue weighted by Crippen LogP contribution is 2.45. The van der Waals surface area contributed by atoms with Gasteiger partial charge in [-0.25, -0.2) is 0 Å². The number of imidazole rings is 1. The molecule has 12 aromatic carbocycles. The average molecular weight is 1460 g/mol. The monoisotopic (exact) mass is 1450 g/mol. The SMILES string of the molecule is Br.CC(=Nc1c([C@H](C)c2ccccc2)cc(C)cc1[C@H](C)c1ccccc1)C(C)=Nc1c([C@H](C)c2ccccc2)cc(C)cc1[C@H](C)c1ccccc1.Cc1cc([C@H](C)c2ccccc2)c(-n2c[n+](-c3c([C@H](C)c4ccccc4)cc(C)cc3[C@H](C)c3ccccc3)c(C)c2C)c([C@H](C)c2ccccc2)c1. The molecule has 0 N–H and O–H groups in total. The van der Waals surface area contributed by atoms with Gasteiger partial charge < -0.3 is 0 Å². The molecule has 13 rings (SSSR count). The molecule has 0 radical (unpaired) electrons. The second-order valence-electron chi connectivity index (χ2n) is 29.6. The highest BCUT2D eigenvalue weighted by molar-refractivity contribution is 8.93. The number of aromatic nitrogens is 2. The molecule has 536 valence electrons. The summed E-state index contributed by atoms with van der Waals surface area (Å²) in [6.45, 7) is 36.4. The van der Waals surface area contributed by atoms with Crippen molar-refractivity contribution in [2.45, 2.75) is 158 Å². The first-order valence-electron chi connectivity index (χ1n) is 37.9. The number of nitrogens with zero attached hydrogens (tertiary/aromatic N) is 4. The standard InChI is InChI=1S/C51H53N2.C50H52N2.BrH/c1-34-29-46(36(3)42-21-13-9-14-22-42)50(47(30-34)37(4)43-23-15-10-16-24-43)52-33-53(41(8)40(52)7)51-48(38(5)44-25-17-11-18-26-44)31-35(2)32-49(51)39(6)45-27-19-12-20-28-45;1-33-29-45(35(3)41-21-13-9-14-22-41)49(46(30-33)36(4)42-23-15-10-16-24-42)51-39(7)40(8)52-50-47(37(5)43-25-17-11-18-26-43)31-34(2)32-48(50)38(6)44-27-19-12-20-28-44;/h9-33,36-39H,1-8H3;9-32,35-38H,1-8H3;1H/q+1;;/t36-,37-,38-,39-;35-,36-,37-,38-;/m11./s1. The van der Waals surface area contributed by atoms with Gasteiger partial charge in [0.05, 0.1) is 22.8 Å². The molecular formula is C101H106BrN4+. The fourth-order valence-electron chi connectivity index (χ4n) is 15.8. The molecule has 1 heterocycles. The van der Waals surface area contributed by atoms with Crippen molar-refractivity contribution < 1.29 is 4.57 Å². The summed E-state index contributed by atoms with van der Waals surface area (Å²) in [6, 6.07) is 106. The predicted octanol–water partition coefficient (Wildman–Crippen LogP) is 27.0. The van der Waals surface area contributed by atoms with E-state index in [-0.39, 0.29) is 64.3 Å². The molecule has 1 aromatic heterocycles. The first kappa shape index (κ1) is 76.8. The Hall–Kier alpha value is -10.3. The van der Waals surface area contributed by atoms with E-state index in [4.69, 9.17) is 9.98 Å². The Morgan fingerprint density at radius 1 is 0.274 bits per heavy atom. The summed E-state index contributed by atoms with van der Waals surface area (Å²) in [5, 5.41) is 0. The van der Waals surface area contributed by atoms with E-state index in [0.717, 1.165) is 22.8 Å². The Labute approximate surface area is 644 Å². The molecule has 0 aliphatic carbocycles. The smallest absolute Gasteiger partial charge is 0.251 e. The average Bonchev–Trinajstić information content (AvgIpc) is 1.55. The van der Waals surface area contributed by atoms with Crippen LogP contribution >= 0.6 is 17.0 Å². The lowest BCUT2D eigenvalue weighted by atomic mass is 9.84. The van der Waals surface area contributed by atoms with Gasteiger partial charge in [-0.1, -0.05) is 369 Å². The Balaban J connectivity index is 0.000000210. The topological polar surface area (TPSA) is 33.5 Å². The quantitative estimate of drug-likeness (QED) is 0.0508. The number of aliphatic imine (C=N–C) groups is 2. The van der Waals surface area contributed by atoms with Crippen LogP contribution in [0.4, 0.5) is 11.4 Å². The molecule has 0 saturated carbocycles. The van der Waals surface area contributed by atoms with Crippen LogP contribution in [0.1, 0.15) is 239 Å². The number of hydrogen-bond donors (Lipinski definition) is 0. The molecule has 0 saturated heterocycles. The van der Waals surface area contributed by atoms with Crippen LogP contribution in [0.15, 0.2) is 307 Å². The van der Waals surface area contributed by atoms with Crippen LogP contribution in [-0.2, 0) is 0 Å². The Morgan fingerprint density at radius 2 is 0.462 bits per heavy atom. The summed E-state index contributed by atoms with van der Waals surface area (Å²) in [7, 11) is 0. The molecule has 0 fully saturated rings. The third-order valence-corrected chi connectivity index (χ3v) is 22.4. The van der Waals surface area contributed by atoms with Crippen LogP contribution in [0.3, 0.4) is 0 Å². The van der Waals surface area contributed by atoms with Gasteiger partial charge in [0.15, 0.2) is 0 Å². The van der Waals surface area contributed by atoms with Crippen molar-refractivity contribution in [1.82, 2.24) is 4.57 Å². The van der Waals surface area contributed by atoms with Crippen molar-refractivity contribution in [2.24, 2.45) is 9.98 Å². The first-order chi connectivity index (χ1) is 50.8. The summed E-state index contributed by atoms with van der Waals surface area (Å²) < 4.78 is 5.01. The number of rotatable bonds is 21. The summed E-state index contributed by atoms with van der Waals surface area (Å²) >= 11 is 0. The maximum atomic E-state index is 5.56. The maximum Gasteiger partial charge on any atom is 0.254 e. The second kappa shape index (κ2) is 34.7. The molecular weight excluding hydrogens is 1350 g/mol. The van der Waals surface area contributed by atoms with Gasteiger partial charge >= 0.3 is 0 Å². The van der Waals surface area contributed by atoms with Crippen LogP contribution in [0.25, 0.3) is 11.4 Å². The van der Waals surface area contributed by atoms with Crippen molar-refractivity contribution in [2.75, 3.05) is 0 Å². The predicted molar refractivity (Wildman–Crippen MR) is 456 cm³/mol. The fraction of sp³-hybridized carbons (Fsp3) is 0.238. The van der Waals surface area contributed by atoms with Gasteiger partial charge in [-0.2, -0.15) is 9.13 Å². The van der Waals surface area contributed by atoms with E-state index < -0.39 is 0 Å². The molecule has 0 unspecified atom stereocenters. The van der Waals surface area contributed by atoms with Crippen LogP contribution in [-0.4, -0.2) is 16.0 Å². The van der Waals surface area contributed by atoms with Crippen molar-refractivity contribution in [3.63, 3.8) is 0 Å². The molecule has 5 heteroatoms. The molecule has 0 bridgehead atoms. The Bertz CT molecular complexity index is 4550. The van der Waals surface area contributed by atoms with Gasteiger partial charge in [-0.05, 0) is 108 Å². The third kappa shape index (κ3) is 17.0. The fourth-order valence-corrected chi connectivity index (χ4v) is 15.8. The van der Waals surface area contributed by atoms with Crippen LogP contribution in [0.2, 0.25) is 0 Å². The zero-order valence-electron chi connectivity index (χ0n) is 65.1.